The molecule has 0 bridgehead atoms. The quantitative estimate of drug-likeness (QED) is 0.528. The molecule has 0 radical (unpaired) electrons. The number of hydrogen-bond acceptors (Lipinski definition) is 6. The number of anilines is 1. The van der Waals surface area contributed by atoms with Crippen LogP contribution in [0.2, 0.25) is 0 Å². The fraction of sp³-hybridized carbons (Fsp3) is 0.480. The number of para-hydroxylation sites is 1. The molecule has 2 saturated heterocycles. The smallest absolute Gasteiger partial charge is 0.243 e. The van der Waals surface area contributed by atoms with Crippen molar-refractivity contribution in [2.75, 3.05) is 31.6 Å². The van der Waals surface area contributed by atoms with E-state index in [-0.39, 0.29) is 35.0 Å². The third-order valence-corrected chi connectivity index (χ3v) is 10.5. The maximum absolute atomic E-state index is 13.6. The third-order valence-electron chi connectivity index (χ3n) is 6.62. The lowest BCUT2D eigenvalue weighted by Crippen LogP contribution is -2.42. The number of carbonyl (C=O) groups is 1. The van der Waals surface area contributed by atoms with Crippen LogP contribution in [0, 0.1) is 0 Å². The zero-order valence-corrected chi connectivity index (χ0v) is 22.0. The molecule has 0 aromatic heterocycles. The monoisotopic (exact) mass is 535 g/mol. The highest BCUT2D eigenvalue weighted by Crippen LogP contribution is 2.27. The molecule has 9 nitrogen and oxygen atoms in total. The Bertz CT molecular complexity index is 1240. The fourth-order valence-corrected chi connectivity index (χ4v) is 7.77. The van der Waals surface area contributed by atoms with Crippen LogP contribution in [0.3, 0.4) is 0 Å². The van der Waals surface area contributed by atoms with Crippen LogP contribution < -0.4 is 5.32 Å². The summed E-state index contributed by atoms with van der Waals surface area (Å²) in [5.41, 5.74) is 0.568. The molecule has 1 amide bonds. The van der Waals surface area contributed by atoms with E-state index in [2.05, 4.69) is 5.32 Å². The van der Waals surface area contributed by atoms with Gasteiger partial charge in [-0.1, -0.05) is 24.6 Å². The Hall–Kier alpha value is -2.31. The van der Waals surface area contributed by atoms with Crippen molar-refractivity contribution in [2.45, 2.75) is 61.0 Å². The van der Waals surface area contributed by atoms with E-state index in [0.29, 0.717) is 25.3 Å². The molecule has 0 aliphatic carbocycles. The maximum Gasteiger partial charge on any atom is 0.243 e. The Morgan fingerprint density at radius 2 is 1.67 bits per heavy atom. The molecule has 0 spiro atoms. The average molecular weight is 536 g/mol. The van der Waals surface area contributed by atoms with Crippen molar-refractivity contribution in [1.29, 1.82) is 0 Å². The SMILES string of the molecule is C[C@H]1CCCCN1S(=O)(=O)c1ccc(S(=O)(=O)N(CC(=O)Nc2ccccc2)C[C@H]2CCCO2)cc1. The van der Waals surface area contributed by atoms with E-state index >= 15 is 0 Å². The first-order chi connectivity index (χ1) is 17.2. The normalized spacial score (nSPS) is 21.5. The number of sulfonamides is 2. The van der Waals surface area contributed by atoms with Gasteiger partial charge in [0.2, 0.25) is 26.0 Å². The molecule has 2 heterocycles. The van der Waals surface area contributed by atoms with Crippen LogP contribution in [0.4, 0.5) is 5.69 Å². The minimum atomic E-state index is -4.09. The summed E-state index contributed by atoms with van der Waals surface area (Å²) in [6.45, 7) is 2.54. The molecule has 196 valence electrons. The second-order valence-electron chi connectivity index (χ2n) is 9.28. The maximum atomic E-state index is 13.6. The minimum Gasteiger partial charge on any atom is -0.377 e. The van der Waals surface area contributed by atoms with Gasteiger partial charge in [-0.3, -0.25) is 4.79 Å². The first-order valence-corrected chi connectivity index (χ1v) is 15.1. The number of benzene rings is 2. The summed E-state index contributed by atoms with van der Waals surface area (Å²) < 4.78 is 61.6. The summed E-state index contributed by atoms with van der Waals surface area (Å²) in [6, 6.07) is 14.0. The summed E-state index contributed by atoms with van der Waals surface area (Å²) in [4.78, 5) is 12.7. The second kappa shape index (κ2) is 11.4. The predicted octanol–water partition coefficient (Wildman–Crippen LogP) is 3.06. The number of hydrogen-bond donors (Lipinski definition) is 1. The highest BCUT2D eigenvalue weighted by molar-refractivity contribution is 7.89. The molecule has 2 fully saturated rings. The van der Waals surface area contributed by atoms with Crippen LogP contribution in [0.25, 0.3) is 0 Å². The molecular formula is C25H33N3O6S2. The molecule has 2 aliphatic rings. The van der Waals surface area contributed by atoms with Crippen molar-refractivity contribution in [1.82, 2.24) is 8.61 Å². The summed E-state index contributed by atoms with van der Waals surface area (Å²) in [6.07, 6.45) is 3.83. The van der Waals surface area contributed by atoms with Gasteiger partial charge in [-0.2, -0.15) is 8.61 Å². The first kappa shape index (κ1) is 26.7. The molecule has 2 aliphatic heterocycles. The topological polar surface area (TPSA) is 113 Å². The molecule has 0 unspecified atom stereocenters. The van der Waals surface area contributed by atoms with Gasteiger partial charge in [-0.05, 0) is 69.0 Å². The Morgan fingerprint density at radius 3 is 2.31 bits per heavy atom. The molecule has 4 rings (SSSR count). The molecule has 2 aromatic rings. The van der Waals surface area contributed by atoms with Crippen LogP contribution in [0.1, 0.15) is 39.0 Å². The third kappa shape index (κ3) is 6.15. The van der Waals surface area contributed by atoms with Crippen LogP contribution in [-0.2, 0) is 29.6 Å². The lowest BCUT2D eigenvalue weighted by molar-refractivity contribution is -0.116. The van der Waals surface area contributed by atoms with Gasteiger partial charge >= 0.3 is 0 Å². The number of amides is 1. The Balaban J connectivity index is 1.55. The highest BCUT2D eigenvalue weighted by atomic mass is 32.2. The van der Waals surface area contributed by atoms with Crippen molar-refractivity contribution in [3.8, 4) is 0 Å². The van der Waals surface area contributed by atoms with E-state index in [1.54, 1.807) is 24.3 Å². The van der Waals surface area contributed by atoms with Gasteiger partial charge in [-0.25, -0.2) is 16.8 Å². The van der Waals surface area contributed by atoms with Gasteiger partial charge < -0.3 is 10.1 Å². The summed E-state index contributed by atoms with van der Waals surface area (Å²) in [5.74, 6) is -0.471. The summed E-state index contributed by atoms with van der Waals surface area (Å²) in [7, 11) is -7.81. The lowest BCUT2D eigenvalue weighted by atomic mass is 10.1. The Kier molecular flexibility index (Phi) is 8.46. The van der Waals surface area contributed by atoms with E-state index in [1.165, 1.54) is 28.6 Å². The second-order valence-corrected chi connectivity index (χ2v) is 13.1. The van der Waals surface area contributed by atoms with E-state index in [9.17, 15) is 21.6 Å². The van der Waals surface area contributed by atoms with Crippen molar-refractivity contribution in [3.63, 3.8) is 0 Å². The molecule has 11 heteroatoms. The number of ether oxygens (including phenoxy) is 1. The van der Waals surface area contributed by atoms with Gasteiger partial charge in [-0.15, -0.1) is 0 Å². The summed E-state index contributed by atoms with van der Waals surface area (Å²) in [5, 5.41) is 2.72. The fourth-order valence-electron chi connectivity index (χ4n) is 4.64. The molecule has 0 saturated carbocycles. The van der Waals surface area contributed by atoms with Crippen molar-refractivity contribution in [3.05, 3.63) is 54.6 Å². The van der Waals surface area contributed by atoms with Crippen LogP contribution in [-0.4, -0.2) is 69.7 Å². The van der Waals surface area contributed by atoms with E-state index in [1.807, 2.05) is 13.0 Å². The highest BCUT2D eigenvalue weighted by Gasteiger charge is 2.33. The number of piperidine rings is 1. The first-order valence-electron chi connectivity index (χ1n) is 12.3. The number of nitrogens with zero attached hydrogens (tertiary/aromatic N) is 2. The molecular weight excluding hydrogens is 502 g/mol. The van der Waals surface area contributed by atoms with Gasteiger partial charge in [0.25, 0.3) is 0 Å². The van der Waals surface area contributed by atoms with Crippen molar-refractivity contribution < 1.29 is 26.4 Å². The number of rotatable bonds is 9. The van der Waals surface area contributed by atoms with E-state index < -0.39 is 26.0 Å². The Labute approximate surface area is 213 Å². The number of nitrogens with one attached hydrogen (secondary N) is 1. The largest absolute Gasteiger partial charge is 0.377 e. The van der Waals surface area contributed by atoms with Crippen molar-refractivity contribution in [2.24, 2.45) is 0 Å². The van der Waals surface area contributed by atoms with Gasteiger partial charge in [0.05, 0.1) is 22.4 Å². The number of carbonyl (C=O) groups excluding carboxylic acids is 1. The van der Waals surface area contributed by atoms with Crippen LogP contribution >= 0.6 is 0 Å². The van der Waals surface area contributed by atoms with Crippen LogP contribution in [0.5, 0.6) is 0 Å². The predicted molar refractivity (Wildman–Crippen MR) is 136 cm³/mol. The molecule has 2 aromatic carbocycles. The molecule has 1 N–H and O–H groups in total. The summed E-state index contributed by atoms with van der Waals surface area (Å²) >= 11 is 0. The zero-order chi connectivity index (χ0) is 25.8. The van der Waals surface area contributed by atoms with Crippen LogP contribution in [0.15, 0.2) is 64.4 Å². The van der Waals surface area contributed by atoms with Crippen molar-refractivity contribution >= 4 is 31.6 Å². The lowest BCUT2D eigenvalue weighted by Gasteiger charge is -2.32. The van der Waals surface area contributed by atoms with Gasteiger partial charge in [0.15, 0.2) is 0 Å². The standard InChI is InChI=1S/C25H33N3O6S2/c1-20-8-5-6-16-28(20)36(32,33)24-14-12-23(13-15-24)35(30,31)27(18-22-11-7-17-34-22)19-25(29)26-21-9-3-2-4-10-21/h2-4,9-10,12-15,20,22H,5-8,11,16-19H2,1H3,(H,26,29)/t20-,22+/m0/s1. The molecule has 2 atom stereocenters. The van der Waals surface area contributed by atoms with Gasteiger partial charge in [0.1, 0.15) is 0 Å². The minimum absolute atomic E-state index is 0.0376. The van der Waals surface area contributed by atoms with E-state index in [4.69, 9.17) is 4.74 Å². The van der Waals surface area contributed by atoms with E-state index in [0.717, 1.165) is 30.0 Å². The van der Waals surface area contributed by atoms with Gasteiger partial charge in [0, 0.05) is 31.4 Å². The zero-order valence-electron chi connectivity index (χ0n) is 20.4. The Morgan fingerprint density at radius 1 is 0.972 bits per heavy atom. The molecule has 36 heavy (non-hydrogen) atoms. The average Bonchev–Trinajstić information content (AvgIpc) is 3.38.